The van der Waals surface area contributed by atoms with Crippen molar-refractivity contribution in [1.29, 1.82) is 0 Å². The second-order valence-corrected chi connectivity index (χ2v) is 3.77. The van der Waals surface area contributed by atoms with Crippen molar-refractivity contribution >= 4 is 0 Å². The number of nitrogens with one attached hydrogen (secondary N) is 1. The van der Waals surface area contributed by atoms with Crippen LogP contribution in [0.1, 0.15) is 12.8 Å². The van der Waals surface area contributed by atoms with Crippen LogP contribution in [0.5, 0.6) is 0 Å². The number of piperidine rings is 1. The molecule has 2 aliphatic rings. The minimum Gasteiger partial charge on any atom is -0.467 e. The molecule has 0 bridgehead atoms. The third-order valence-electron chi connectivity index (χ3n) is 2.68. The first-order valence-electron chi connectivity index (χ1n) is 4.05. The van der Waals surface area contributed by atoms with E-state index in [-0.39, 0.29) is 0 Å². The van der Waals surface area contributed by atoms with Crippen LogP contribution in [0.4, 0.5) is 0 Å². The highest BCUT2D eigenvalue weighted by Crippen LogP contribution is 2.32. The van der Waals surface area contributed by atoms with E-state index in [1.807, 2.05) is 0 Å². The molecule has 2 saturated heterocycles. The van der Waals surface area contributed by atoms with Crippen LogP contribution in [0.25, 0.3) is 0 Å². The molecular weight excluding hydrogens is 126 g/mol. The Morgan fingerprint density at radius 2 is 2.20 bits per heavy atom. The largest absolute Gasteiger partial charge is 0.467 e. The van der Waals surface area contributed by atoms with Gasteiger partial charge in [0.15, 0.2) is 0 Å². The molecule has 2 fully saturated rings. The lowest BCUT2D eigenvalue weighted by atomic mass is 9.78. The van der Waals surface area contributed by atoms with E-state index >= 15 is 0 Å². The van der Waals surface area contributed by atoms with Crippen molar-refractivity contribution < 1.29 is 9.64 Å². The molecule has 1 N–H and O–H groups in total. The Kier molecular flexibility index (Phi) is 1.46. The predicted molar refractivity (Wildman–Crippen MR) is 38.5 cm³/mol. The summed E-state index contributed by atoms with van der Waals surface area (Å²) in [5.74, 6) is 0. The van der Waals surface area contributed by atoms with Gasteiger partial charge in [-0.2, -0.15) is 7.05 Å². The first kappa shape index (κ1) is 6.62. The predicted octanol–water partition coefficient (Wildman–Crippen LogP) is -0.527. The van der Waals surface area contributed by atoms with E-state index in [0.29, 0.717) is 5.41 Å². The summed E-state index contributed by atoms with van der Waals surface area (Å²) in [5.41, 5.74) is 0.551. The molecule has 2 nitrogen and oxygen atoms in total. The third-order valence-corrected chi connectivity index (χ3v) is 2.68. The summed E-state index contributed by atoms with van der Waals surface area (Å²) in [6.45, 7) is 4.47. The normalized spacial score (nSPS) is 37.5. The second-order valence-electron chi connectivity index (χ2n) is 3.77. The maximum atomic E-state index is 5.22. The Morgan fingerprint density at radius 3 is 2.60 bits per heavy atom. The van der Waals surface area contributed by atoms with Crippen LogP contribution in [-0.2, 0) is 4.74 Å². The molecular formula is C8H15NO. The zero-order valence-corrected chi connectivity index (χ0v) is 6.36. The molecule has 0 radical (unpaired) electrons. The zero-order valence-electron chi connectivity index (χ0n) is 6.36. The second kappa shape index (κ2) is 2.21. The van der Waals surface area contributed by atoms with E-state index in [1.54, 1.807) is 0 Å². The summed E-state index contributed by atoms with van der Waals surface area (Å²) >= 11 is 0. The maximum absolute atomic E-state index is 5.22. The van der Waals surface area contributed by atoms with Gasteiger partial charge in [0.1, 0.15) is 0 Å². The molecule has 1 atom stereocenters. The molecule has 0 aromatic rings. The van der Waals surface area contributed by atoms with Gasteiger partial charge in [0.2, 0.25) is 0 Å². The summed E-state index contributed by atoms with van der Waals surface area (Å²) in [6, 6.07) is 0. The van der Waals surface area contributed by atoms with Crippen molar-refractivity contribution in [2.24, 2.45) is 5.41 Å². The van der Waals surface area contributed by atoms with Gasteiger partial charge in [-0.3, -0.25) is 0 Å². The Morgan fingerprint density at radius 1 is 1.40 bits per heavy atom. The van der Waals surface area contributed by atoms with Gasteiger partial charge >= 0.3 is 0 Å². The highest BCUT2D eigenvalue weighted by atomic mass is 16.5. The number of hydrogen-bond acceptors (Lipinski definition) is 1. The van der Waals surface area contributed by atoms with Crippen molar-refractivity contribution in [3.63, 3.8) is 0 Å². The fourth-order valence-electron chi connectivity index (χ4n) is 2.06. The topological polar surface area (TPSA) is 13.7 Å². The quantitative estimate of drug-likeness (QED) is 0.448. The van der Waals surface area contributed by atoms with Crippen molar-refractivity contribution in [3.05, 3.63) is 7.05 Å². The molecule has 1 unspecified atom stereocenters. The summed E-state index contributed by atoms with van der Waals surface area (Å²) in [7, 11) is 4.04. The van der Waals surface area contributed by atoms with E-state index in [9.17, 15) is 0 Å². The molecule has 0 amide bonds. The molecule has 2 heterocycles. The van der Waals surface area contributed by atoms with Gasteiger partial charge in [-0.25, -0.2) is 0 Å². The number of likely N-dealkylation sites (tertiary alicyclic amines) is 1. The van der Waals surface area contributed by atoms with E-state index in [0.717, 1.165) is 13.2 Å². The van der Waals surface area contributed by atoms with Crippen LogP contribution >= 0.6 is 0 Å². The summed E-state index contributed by atoms with van der Waals surface area (Å²) in [4.78, 5) is 1.44. The summed E-state index contributed by atoms with van der Waals surface area (Å²) in [5, 5.41) is 0. The summed E-state index contributed by atoms with van der Waals surface area (Å²) < 4.78 is 5.22. The lowest BCUT2D eigenvalue weighted by molar-refractivity contribution is -0.870. The van der Waals surface area contributed by atoms with Gasteiger partial charge in [-0.15, -0.1) is 0 Å². The van der Waals surface area contributed by atoms with Gasteiger partial charge in [-0.05, 0) is 12.8 Å². The van der Waals surface area contributed by atoms with Crippen LogP contribution in [0, 0.1) is 12.5 Å². The average Bonchev–Trinajstić information content (AvgIpc) is 1.85. The Balaban J connectivity index is 1.96. The van der Waals surface area contributed by atoms with E-state index in [2.05, 4.69) is 7.05 Å². The van der Waals surface area contributed by atoms with Gasteiger partial charge in [0.25, 0.3) is 0 Å². The lowest BCUT2D eigenvalue weighted by Crippen LogP contribution is -3.10. The van der Waals surface area contributed by atoms with E-state index in [1.165, 1.54) is 30.8 Å². The number of ether oxygens (including phenoxy) is 1. The van der Waals surface area contributed by atoms with Crippen molar-refractivity contribution in [3.8, 4) is 0 Å². The monoisotopic (exact) mass is 141 g/mol. The number of quaternary nitrogens is 1. The SMILES string of the molecule is [CH2-][NH+]1CCCC2(COC2)C1. The maximum Gasteiger partial charge on any atom is 0.0641 e. The lowest BCUT2D eigenvalue weighted by Gasteiger charge is -2.47. The standard InChI is InChI=1S/C8H15NO/c1-9-4-2-3-8(5-9)6-10-7-8/h9H,1-7H2. The average molecular weight is 141 g/mol. The van der Waals surface area contributed by atoms with Crippen molar-refractivity contribution in [2.45, 2.75) is 12.8 Å². The van der Waals surface area contributed by atoms with Crippen LogP contribution in [0.15, 0.2) is 0 Å². The Bertz CT molecular complexity index is 131. The fourth-order valence-corrected chi connectivity index (χ4v) is 2.06. The third kappa shape index (κ3) is 0.956. The number of hydrogen-bond donors (Lipinski definition) is 1. The fraction of sp³-hybridized carbons (Fsp3) is 0.875. The molecule has 0 aliphatic carbocycles. The highest BCUT2D eigenvalue weighted by molar-refractivity contribution is 4.86. The van der Waals surface area contributed by atoms with Crippen molar-refractivity contribution in [1.82, 2.24) is 0 Å². The molecule has 1 spiro atoms. The summed E-state index contributed by atoms with van der Waals surface area (Å²) in [6.07, 6.45) is 2.70. The zero-order chi connectivity index (χ0) is 7.03. The highest BCUT2D eigenvalue weighted by Gasteiger charge is 2.42. The Labute approximate surface area is 62.2 Å². The number of rotatable bonds is 0. The van der Waals surface area contributed by atoms with Gasteiger partial charge in [-0.1, -0.05) is 0 Å². The molecule has 0 aromatic heterocycles. The van der Waals surface area contributed by atoms with Crippen LogP contribution < -0.4 is 4.90 Å². The molecule has 10 heavy (non-hydrogen) atoms. The minimum atomic E-state index is 0.551. The first-order valence-corrected chi connectivity index (χ1v) is 4.05. The van der Waals surface area contributed by atoms with Crippen LogP contribution in [-0.4, -0.2) is 26.3 Å². The van der Waals surface area contributed by atoms with Gasteiger partial charge < -0.3 is 9.64 Å². The molecule has 0 saturated carbocycles. The molecule has 2 rings (SSSR count). The van der Waals surface area contributed by atoms with Gasteiger partial charge in [0.05, 0.1) is 31.7 Å². The van der Waals surface area contributed by atoms with Crippen molar-refractivity contribution in [2.75, 3.05) is 26.3 Å². The van der Waals surface area contributed by atoms with Crippen LogP contribution in [0.2, 0.25) is 0 Å². The molecule has 2 aliphatic heterocycles. The molecule has 0 aromatic carbocycles. The molecule has 2 heteroatoms. The minimum absolute atomic E-state index is 0.551. The van der Waals surface area contributed by atoms with E-state index < -0.39 is 0 Å². The van der Waals surface area contributed by atoms with E-state index in [4.69, 9.17) is 4.74 Å². The van der Waals surface area contributed by atoms with Gasteiger partial charge in [0, 0.05) is 0 Å². The Hall–Kier alpha value is -0.0800. The smallest absolute Gasteiger partial charge is 0.0641 e. The van der Waals surface area contributed by atoms with Crippen LogP contribution in [0.3, 0.4) is 0 Å². The first-order chi connectivity index (χ1) is 4.81. The molecule has 58 valence electrons.